The number of hydrogen-bond acceptors (Lipinski definition) is 3. The number of aryl methyl sites for hydroxylation is 1. The van der Waals surface area contributed by atoms with Gasteiger partial charge >= 0.3 is 0 Å². The van der Waals surface area contributed by atoms with Crippen LogP contribution in [0.25, 0.3) is 0 Å². The maximum Gasteiger partial charge on any atom is 0.243 e. The summed E-state index contributed by atoms with van der Waals surface area (Å²) in [6.45, 7) is 5.08. The first-order valence-corrected chi connectivity index (χ1v) is 10.4. The van der Waals surface area contributed by atoms with Crippen molar-refractivity contribution in [3.05, 3.63) is 65.2 Å². The van der Waals surface area contributed by atoms with Gasteiger partial charge in [-0.25, -0.2) is 8.42 Å². The highest BCUT2D eigenvalue weighted by molar-refractivity contribution is 7.89. The molecule has 0 bridgehead atoms. The van der Waals surface area contributed by atoms with E-state index in [9.17, 15) is 8.42 Å². The van der Waals surface area contributed by atoms with Gasteiger partial charge in [0.1, 0.15) is 0 Å². The van der Waals surface area contributed by atoms with Gasteiger partial charge in [-0.3, -0.25) is 4.90 Å². The third-order valence-corrected chi connectivity index (χ3v) is 7.29. The van der Waals surface area contributed by atoms with Crippen molar-refractivity contribution < 1.29 is 8.42 Å². The summed E-state index contributed by atoms with van der Waals surface area (Å²) in [7, 11) is -3.39. The number of benzene rings is 2. The first kappa shape index (κ1) is 16.8. The van der Waals surface area contributed by atoms with Crippen LogP contribution in [0.3, 0.4) is 0 Å². The molecule has 2 aliphatic heterocycles. The SMILES string of the molecule is Cc1cccc(S(=O)(=O)N2CCC(N3CCc4ccccc4C3)C2)c1. The van der Waals surface area contributed by atoms with Crippen LogP contribution in [0.1, 0.15) is 23.1 Å². The first-order valence-electron chi connectivity index (χ1n) is 8.92. The highest BCUT2D eigenvalue weighted by atomic mass is 32.2. The normalized spacial score (nSPS) is 22.0. The smallest absolute Gasteiger partial charge is 0.243 e. The lowest BCUT2D eigenvalue weighted by molar-refractivity contribution is 0.185. The molecule has 0 N–H and O–H groups in total. The van der Waals surface area contributed by atoms with Gasteiger partial charge in [-0.1, -0.05) is 36.4 Å². The Bertz CT molecular complexity index is 879. The third kappa shape index (κ3) is 3.24. The Balaban J connectivity index is 1.49. The molecular weight excluding hydrogens is 332 g/mol. The van der Waals surface area contributed by atoms with Gasteiger partial charge in [0.15, 0.2) is 0 Å². The van der Waals surface area contributed by atoms with E-state index in [4.69, 9.17) is 0 Å². The number of rotatable bonds is 3. The average molecular weight is 356 g/mol. The van der Waals surface area contributed by atoms with Crippen LogP contribution in [0.5, 0.6) is 0 Å². The van der Waals surface area contributed by atoms with Crippen molar-refractivity contribution in [3.63, 3.8) is 0 Å². The zero-order valence-corrected chi connectivity index (χ0v) is 15.4. The van der Waals surface area contributed by atoms with E-state index in [0.29, 0.717) is 24.0 Å². The van der Waals surface area contributed by atoms with Gasteiger partial charge in [0.25, 0.3) is 0 Å². The lowest BCUT2D eigenvalue weighted by atomic mass is 9.98. The summed E-state index contributed by atoms with van der Waals surface area (Å²) in [5, 5.41) is 0. The molecule has 4 rings (SSSR count). The van der Waals surface area contributed by atoms with Crippen LogP contribution in [0.2, 0.25) is 0 Å². The van der Waals surface area contributed by atoms with E-state index in [1.807, 2.05) is 19.1 Å². The highest BCUT2D eigenvalue weighted by Crippen LogP contribution is 2.27. The second-order valence-corrected chi connectivity index (χ2v) is 9.05. The summed E-state index contributed by atoms with van der Waals surface area (Å²) in [5.74, 6) is 0. The summed E-state index contributed by atoms with van der Waals surface area (Å²) in [6.07, 6.45) is 1.96. The molecule has 0 amide bonds. The fraction of sp³-hybridized carbons (Fsp3) is 0.400. The molecule has 2 aliphatic rings. The molecule has 1 unspecified atom stereocenters. The molecule has 1 atom stereocenters. The van der Waals surface area contributed by atoms with Crippen LogP contribution >= 0.6 is 0 Å². The van der Waals surface area contributed by atoms with Gasteiger partial charge in [0, 0.05) is 32.2 Å². The van der Waals surface area contributed by atoms with Crippen molar-refractivity contribution in [2.24, 2.45) is 0 Å². The predicted molar refractivity (Wildman–Crippen MR) is 98.9 cm³/mol. The van der Waals surface area contributed by atoms with Crippen LogP contribution in [-0.2, 0) is 23.0 Å². The van der Waals surface area contributed by atoms with Gasteiger partial charge in [-0.05, 0) is 48.6 Å². The van der Waals surface area contributed by atoms with Gasteiger partial charge in [0.05, 0.1) is 4.90 Å². The van der Waals surface area contributed by atoms with Crippen molar-refractivity contribution in [2.45, 2.75) is 37.2 Å². The Hall–Kier alpha value is -1.69. The minimum atomic E-state index is -3.39. The lowest BCUT2D eigenvalue weighted by Gasteiger charge is -2.33. The Kier molecular flexibility index (Phi) is 4.40. The summed E-state index contributed by atoms with van der Waals surface area (Å²) >= 11 is 0. The lowest BCUT2D eigenvalue weighted by Crippen LogP contribution is -2.41. The van der Waals surface area contributed by atoms with E-state index in [2.05, 4.69) is 29.2 Å². The average Bonchev–Trinajstić information content (AvgIpc) is 3.12. The van der Waals surface area contributed by atoms with E-state index in [-0.39, 0.29) is 0 Å². The topological polar surface area (TPSA) is 40.6 Å². The van der Waals surface area contributed by atoms with E-state index < -0.39 is 10.0 Å². The Morgan fingerprint density at radius 3 is 2.60 bits per heavy atom. The minimum absolute atomic E-state index is 0.313. The largest absolute Gasteiger partial charge is 0.294 e. The summed E-state index contributed by atoms with van der Waals surface area (Å²) in [6, 6.07) is 16.1. The minimum Gasteiger partial charge on any atom is -0.294 e. The van der Waals surface area contributed by atoms with E-state index in [1.54, 1.807) is 16.4 Å². The van der Waals surface area contributed by atoms with Crippen LogP contribution in [0.15, 0.2) is 53.4 Å². The molecule has 0 spiro atoms. The number of fused-ring (bicyclic) bond motifs is 1. The molecule has 4 nitrogen and oxygen atoms in total. The van der Waals surface area contributed by atoms with Gasteiger partial charge < -0.3 is 0 Å². The van der Waals surface area contributed by atoms with Gasteiger partial charge in [-0.15, -0.1) is 0 Å². The zero-order valence-electron chi connectivity index (χ0n) is 14.6. The van der Waals surface area contributed by atoms with Crippen molar-refractivity contribution in [1.82, 2.24) is 9.21 Å². The Morgan fingerprint density at radius 1 is 1.00 bits per heavy atom. The zero-order chi connectivity index (χ0) is 17.4. The predicted octanol–water partition coefficient (Wildman–Crippen LogP) is 2.82. The molecular formula is C20H24N2O2S. The van der Waals surface area contributed by atoms with Crippen molar-refractivity contribution in [2.75, 3.05) is 19.6 Å². The molecule has 1 fully saturated rings. The van der Waals surface area contributed by atoms with E-state index in [0.717, 1.165) is 31.5 Å². The monoisotopic (exact) mass is 356 g/mol. The number of hydrogen-bond donors (Lipinski definition) is 0. The van der Waals surface area contributed by atoms with E-state index in [1.165, 1.54) is 11.1 Å². The Labute approximate surface area is 150 Å². The quantitative estimate of drug-likeness (QED) is 0.849. The van der Waals surface area contributed by atoms with Gasteiger partial charge in [-0.2, -0.15) is 4.31 Å². The molecule has 2 aromatic rings. The Morgan fingerprint density at radius 2 is 1.80 bits per heavy atom. The molecule has 5 heteroatoms. The maximum atomic E-state index is 12.9. The molecule has 0 aromatic heterocycles. The standard InChI is InChI=1S/C20H24N2O2S/c1-16-5-4-8-20(13-16)25(23,24)22-12-10-19(15-22)21-11-9-17-6-2-3-7-18(17)14-21/h2-8,13,19H,9-12,14-15H2,1H3. The maximum absolute atomic E-state index is 12.9. The molecule has 1 saturated heterocycles. The third-order valence-electron chi connectivity index (χ3n) is 5.43. The van der Waals surface area contributed by atoms with Gasteiger partial charge in [0.2, 0.25) is 10.0 Å². The molecule has 2 heterocycles. The molecule has 2 aromatic carbocycles. The second-order valence-electron chi connectivity index (χ2n) is 7.11. The number of nitrogens with zero attached hydrogens (tertiary/aromatic N) is 2. The second kappa shape index (κ2) is 6.56. The first-order chi connectivity index (χ1) is 12.0. The van der Waals surface area contributed by atoms with Crippen molar-refractivity contribution in [1.29, 1.82) is 0 Å². The number of sulfonamides is 1. The summed E-state index contributed by atoms with van der Waals surface area (Å²) < 4.78 is 27.5. The molecule has 0 radical (unpaired) electrons. The van der Waals surface area contributed by atoms with Crippen LogP contribution in [-0.4, -0.2) is 43.3 Å². The molecule has 25 heavy (non-hydrogen) atoms. The summed E-state index contributed by atoms with van der Waals surface area (Å²) in [5.41, 5.74) is 3.79. The molecule has 0 saturated carbocycles. The van der Waals surface area contributed by atoms with Crippen LogP contribution < -0.4 is 0 Å². The van der Waals surface area contributed by atoms with E-state index >= 15 is 0 Å². The molecule has 132 valence electrons. The van der Waals surface area contributed by atoms with Crippen LogP contribution in [0, 0.1) is 6.92 Å². The van der Waals surface area contributed by atoms with Crippen LogP contribution in [0.4, 0.5) is 0 Å². The summed E-state index contributed by atoms with van der Waals surface area (Å²) in [4.78, 5) is 2.87. The fourth-order valence-corrected chi connectivity index (χ4v) is 5.58. The fourth-order valence-electron chi connectivity index (χ4n) is 3.98. The highest BCUT2D eigenvalue weighted by Gasteiger charge is 2.36. The van der Waals surface area contributed by atoms with Crippen molar-refractivity contribution in [3.8, 4) is 0 Å². The molecule has 0 aliphatic carbocycles. The van der Waals surface area contributed by atoms with Crippen molar-refractivity contribution >= 4 is 10.0 Å².